The lowest BCUT2D eigenvalue weighted by molar-refractivity contribution is -0.114. The highest BCUT2D eigenvalue weighted by Gasteiger charge is 1.92. The summed E-state index contributed by atoms with van der Waals surface area (Å²) in [5, 5.41) is 1.17. The second kappa shape index (κ2) is 7.44. The van der Waals surface area contributed by atoms with Crippen LogP contribution in [0.25, 0.3) is 10.9 Å². The summed E-state index contributed by atoms with van der Waals surface area (Å²) in [4.78, 5) is 12.5. The van der Waals surface area contributed by atoms with E-state index in [9.17, 15) is 4.79 Å². The van der Waals surface area contributed by atoms with Crippen LogP contribution in [0.1, 0.15) is 13.8 Å². The normalized spacial score (nSPS) is 8.50. The number of H-pyrrole nitrogens is 1. The van der Waals surface area contributed by atoms with Crippen LogP contribution >= 0.6 is 0 Å². The number of nitrogens with one attached hydrogen (secondary N) is 1. The number of hydrogen-bond acceptors (Lipinski definition) is 4. The van der Waals surface area contributed by atoms with Crippen LogP contribution in [0.15, 0.2) is 30.3 Å². The maximum Gasteiger partial charge on any atom is 0.126 e. The van der Waals surface area contributed by atoms with E-state index in [1.807, 2.05) is 30.3 Å². The monoisotopic (exact) mass is 222 g/mol. The summed E-state index contributed by atoms with van der Waals surface area (Å²) in [5.41, 5.74) is 6.63. The van der Waals surface area contributed by atoms with Gasteiger partial charge in [-0.1, -0.05) is 18.2 Å². The van der Waals surface area contributed by atoms with E-state index in [1.165, 1.54) is 19.2 Å². The summed E-state index contributed by atoms with van der Waals surface area (Å²) in [6, 6.07) is 9.94. The third kappa shape index (κ3) is 5.14. The molecule has 88 valence electrons. The van der Waals surface area contributed by atoms with Gasteiger partial charge in [0.2, 0.25) is 0 Å². The molecular weight excluding hydrogens is 204 g/mol. The minimum Gasteiger partial charge on any atom is -0.385 e. The number of rotatable bonds is 0. The van der Waals surface area contributed by atoms with Crippen molar-refractivity contribution in [3.8, 4) is 0 Å². The Morgan fingerprint density at radius 3 is 2.19 bits per heavy atom. The van der Waals surface area contributed by atoms with Crippen molar-refractivity contribution in [2.24, 2.45) is 11.7 Å². The minimum atomic E-state index is 0.167. The van der Waals surface area contributed by atoms with Crippen molar-refractivity contribution in [1.29, 1.82) is 0 Å². The number of benzene rings is 1. The molecule has 0 amide bonds. The first-order valence-corrected chi connectivity index (χ1v) is 4.73. The molecule has 5 nitrogen and oxygen atoms in total. The molecule has 1 aromatic heterocycles. The maximum atomic E-state index is 9.44. The zero-order valence-electron chi connectivity index (χ0n) is 9.53. The molecule has 0 unspecified atom stereocenters. The fourth-order valence-electron chi connectivity index (χ4n) is 1.10. The molecule has 0 aliphatic carbocycles. The summed E-state index contributed by atoms with van der Waals surface area (Å²) in [5.74, 6) is 8.89. The van der Waals surface area contributed by atoms with Crippen molar-refractivity contribution in [1.82, 2.24) is 4.98 Å². The topological polar surface area (TPSA) is 111 Å². The number of ketones is 1. The lowest BCUT2D eigenvalue weighted by Gasteiger charge is -1.83. The van der Waals surface area contributed by atoms with Crippen LogP contribution in [-0.4, -0.2) is 10.8 Å². The predicted octanol–water partition coefficient (Wildman–Crippen LogP) is 1.16. The highest BCUT2D eigenvalue weighted by molar-refractivity contribution is 5.83. The number of aromatic nitrogens is 1. The molecule has 0 saturated heterocycles. The molecule has 16 heavy (non-hydrogen) atoms. The van der Waals surface area contributed by atoms with E-state index < -0.39 is 0 Å². The van der Waals surface area contributed by atoms with Gasteiger partial charge in [0.25, 0.3) is 0 Å². The summed E-state index contributed by atoms with van der Waals surface area (Å²) in [6.45, 7) is 3.06. The first-order chi connectivity index (χ1) is 7.59. The summed E-state index contributed by atoms with van der Waals surface area (Å²) < 4.78 is 0. The highest BCUT2D eigenvalue weighted by atomic mass is 16.1. The Hall–Kier alpha value is -1.85. The quantitative estimate of drug-likeness (QED) is 0.396. The highest BCUT2D eigenvalue weighted by Crippen LogP contribution is 2.14. The van der Waals surface area contributed by atoms with Crippen molar-refractivity contribution in [3.05, 3.63) is 30.3 Å². The Labute approximate surface area is 94.6 Å². The maximum absolute atomic E-state index is 9.44. The molecule has 0 spiro atoms. The van der Waals surface area contributed by atoms with Gasteiger partial charge in [-0.15, -0.1) is 0 Å². The second-order valence-corrected chi connectivity index (χ2v) is 3.22. The SMILES string of the molecule is CC(C)=O.NN.Nc1cc2ccccc2[nH]1. The smallest absolute Gasteiger partial charge is 0.126 e. The Balaban J connectivity index is 0.000000323. The number of hydrazine groups is 1. The molecule has 1 aromatic carbocycles. The number of aromatic amines is 1. The average molecular weight is 222 g/mol. The van der Waals surface area contributed by atoms with Gasteiger partial charge in [-0.2, -0.15) is 0 Å². The number of carbonyl (C=O) groups is 1. The van der Waals surface area contributed by atoms with Crippen LogP contribution in [0.2, 0.25) is 0 Å². The van der Waals surface area contributed by atoms with Gasteiger partial charge >= 0.3 is 0 Å². The zero-order valence-corrected chi connectivity index (χ0v) is 9.53. The standard InChI is InChI=1S/C8H8N2.C3H6O.H4N2/c9-8-5-6-3-1-2-4-7(6)10-8;1-3(2)4;1-2/h1-5,10H,9H2;1-2H3;1-2H2. The molecule has 0 radical (unpaired) electrons. The number of nitrogens with two attached hydrogens (primary N) is 3. The van der Waals surface area contributed by atoms with Crippen LogP contribution in [0.5, 0.6) is 0 Å². The predicted molar refractivity (Wildman–Crippen MR) is 67.4 cm³/mol. The van der Waals surface area contributed by atoms with Gasteiger partial charge in [-0.05, 0) is 26.0 Å². The van der Waals surface area contributed by atoms with Crippen molar-refractivity contribution < 1.29 is 4.79 Å². The number of nitrogen functional groups attached to an aromatic ring is 1. The zero-order chi connectivity index (χ0) is 12.6. The van der Waals surface area contributed by atoms with Gasteiger partial charge in [0, 0.05) is 10.9 Å². The molecule has 1 heterocycles. The Kier molecular flexibility index (Phi) is 6.58. The second-order valence-electron chi connectivity index (χ2n) is 3.22. The lowest BCUT2D eigenvalue weighted by Crippen LogP contribution is -2.02. The Morgan fingerprint density at radius 2 is 1.69 bits per heavy atom. The van der Waals surface area contributed by atoms with Gasteiger partial charge in [0.1, 0.15) is 11.6 Å². The number of anilines is 1. The van der Waals surface area contributed by atoms with Gasteiger partial charge in [0.05, 0.1) is 0 Å². The largest absolute Gasteiger partial charge is 0.385 e. The summed E-state index contributed by atoms with van der Waals surface area (Å²) in [6.07, 6.45) is 0. The van der Waals surface area contributed by atoms with Crippen molar-refractivity contribution in [2.45, 2.75) is 13.8 Å². The van der Waals surface area contributed by atoms with E-state index in [0.717, 1.165) is 11.3 Å². The van der Waals surface area contributed by atoms with E-state index >= 15 is 0 Å². The minimum absolute atomic E-state index is 0.167. The Bertz CT molecular complexity index is 399. The van der Waals surface area contributed by atoms with E-state index in [2.05, 4.69) is 16.7 Å². The van der Waals surface area contributed by atoms with Crippen LogP contribution in [0.3, 0.4) is 0 Å². The summed E-state index contributed by atoms with van der Waals surface area (Å²) in [7, 11) is 0. The third-order valence-electron chi connectivity index (χ3n) is 1.55. The van der Waals surface area contributed by atoms with Crippen LogP contribution in [0.4, 0.5) is 5.82 Å². The molecular formula is C11H18N4O. The van der Waals surface area contributed by atoms with Gasteiger partial charge in [0.15, 0.2) is 0 Å². The van der Waals surface area contributed by atoms with Crippen molar-refractivity contribution in [3.63, 3.8) is 0 Å². The van der Waals surface area contributed by atoms with Gasteiger partial charge < -0.3 is 15.5 Å². The molecule has 0 bridgehead atoms. The molecule has 0 saturated carbocycles. The molecule has 2 rings (SSSR count). The van der Waals surface area contributed by atoms with E-state index in [1.54, 1.807) is 0 Å². The van der Waals surface area contributed by atoms with E-state index in [4.69, 9.17) is 5.73 Å². The fraction of sp³-hybridized carbons (Fsp3) is 0.182. The van der Waals surface area contributed by atoms with Gasteiger partial charge in [-0.3, -0.25) is 11.7 Å². The molecule has 2 aromatic rings. The molecule has 0 fully saturated rings. The van der Waals surface area contributed by atoms with Crippen molar-refractivity contribution in [2.75, 3.05) is 5.73 Å². The van der Waals surface area contributed by atoms with Crippen molar-refractivity contribution >= 4 is 22.5 Å². The number of Topliss-reactive ketones (excluding diaryl/α,β-unsaturated/α-hetero) is 1. The number of carbonyl (C=O) groups excluding carboxylic acids is 1. The molecule has 5 heteroatoms. The fourth-order valence-corrected chi connectivity index (χ4v) is 1.10. The third-order valence-corrected chi connectivity index (χ3v) is 1.55. The Morgan fingerprint density at radius 1 is 1.19 bits per heavy atom. The molecule has 0 atom stereocenters. The molecule has 7 N–H and O–H groups in total. The first-order valence-electron chi connectivity index (χ1n) is 4.73. The number of fused-ring (bicyclic) bond motifs is 1. The number of para-hydroxylation sites is 1. The van der Waals surface area contributed by atoms with Gasteiger partial charge in [-0.25, -0.2) is 0 Å². The van der Waals surface area contributed by atoms with E-state index in [-0.39, 0.29) is 5.78 Å². The molecule has 0 aliphatic rings. The van der Waals surface area contributed by atoms with E-state index in [0.29, 0.717) is 0 Å². The van der Waals surface area contributed by atoms with Crippen LogP contribution in [-0.2, 0) is 4.79 Å². The number of hydrogen-bond donors (Lipinski definition) is 4. The van der Waals surface area contributed by atoms with Crippen LogP contribution < -0.4 is 17.4 Å². The van der Waals surface area contributed by atoms with Crippen LogP contribution in [0, 0.1) is 0 Å². The summed E-state index contributed by atoms with van der Waals surface area (Å²) >= 11 is 0. The molecule has 0 aliphatic heterocycles. The lowest BCUT2D eigenvalue weighted by atomic mass is 10.3. The first kappa shape index (κ1) is 14.2. The average Bonchev–Trinajstić information content (AvgIpc) is 2.60.